The van der Waals surface area contributed by atoms with Gasteiger partial charge in [0.1, 0.15) is 0 Å². The van der Waals surface area contributed by atoms with E-state index in [1.807, 2.05) is 4.90 Å². The first-order chi connectivity index (χ1) is 9.01. The molecular formula is C14H15NO4. The summed E-state index contributed by atoms with van der Waals surface area (Å²) < 4.78 is 0. The Bertz CT molecular complexity index is 512. The Kier molecular flexibility index (Phi) is 4.88. The lowest BCUT2D eigenvalue weighted by molar-refractivity contribution is 0.0651. The summed E-state index contributed by atoms with van der Waals surface area (Å²) in [7, 11) is 0. The van der Waals surface area contributed by atoms with Crippen LogP contribution >= 0.6 is 0 Å². The Morgan fingerprint density at radius 2 is 1.58 bits per heavy atom. The Labute approximate surface area is 111 Å². The predicted octanol–water partition coefficient (Wildman–Crippen LogP) is 2.26. The molecule has 0 bridgehead atoms. The summed E-state index contributed by atoms with van der Waals surface area (Å²) in [4.78, 5) is 23.9. The van der Waals surface area contributed by atoms with Gasteiger partial charge in [0.05, 0.1) is 11.1 Å². The third-order valence-electron chi connectivity index (χ3n) is 2.53. The van der Waals surface area contributed by atoms with Crippen molar-refractivity contribution in [2.75, 3.05) is 18.0 Å². The summed E-state index contributed by atoms with van der Waals surface area (Å²) in [6.45, 7) is 8.27. The molecule has 1 rings (SSSR count). The lowest BCUT2D eigenvalue weighted by atomic mass is 10.1. The van der Waals surface area contributed by atoms with Gasteiger partial charge in [-0.3, -0.25) is 0 Å². The summed E-state index contributed by atoms with van der Waals surface area (Å²) in [5.41, 5.74) is 0.152. The number of carbonyl (C=O) groups is 2. The van der Waals surface area contributed by atoms with E-state index in [0.29, 0.717) is 18.8 Å². The first kappa shape index (κ1) is 14.5. The molecular weight excluding hydrogens is 246 g/mol. The van der Waals surface area contributed by atoms with E-state index in [4.69, 9.17) is 10.2 Å². The molecule has 5 heteroatoms. The van der Waals surface area contributed by atoms with Crippen LogP contribution in [0.1, 0.15) is 20.7 Å². The fourth-order valence-corrected chi connectivity index (χ4v) is 1.69. The van der Waals surface area contributed by atoms with Crippen LogP contribution in [0.5, 0.6) is 0 Å². The number of hydrogen-bond acceptors (Lipinski definition) is 3. The van der Waals surface area contributed by atoms with Gasteiger partial charge in [0.2, 0.25) is 0 Å². The molecule has 0 unspecified atom stereocenters. The topological polar surface area (TPSA) is 77.8 Å². The average Bonchev–Trinajstić information content (AvgIpc) is 2.37. The van der Waals surface area contributed by atoms with Crippen molar-refractivity contribution >= 4 is 17.6 Å². The molecule has 100 valence electrons. The van der Waals surface area contributed by atoms with E-state index in [1.54, 1.807) is 18.2 Å². The molecule has 0 fully saturated rings. The van der Waals surface area contributed by atoms with Crippen molar-refractivity contribution in [3.05, 3.63) is 54.6 Å². The Morgan fingerprint density at radius 1 is 1.05 bits per heavy atom. The summed E-state index contributed by atoms with van der Waals surface area (Å²) in [6.07, 6.45) is 3.35. The van der Waals surface area contributed by atoms with Crippen LogP contribution in [0.4, 0.5) is 5.69 Å². The summed E-state index contributed by atoms with van der Waals surface area (Å²) >= 11 is 0. The van der Waals surface area contributed by atoms with Gasteiger partial charge < -0.3 is 15.1 Å². The van der Waals surface area contributed by atoms with Gasteiger partial charge in [0.25, 0.3) is 0 Å². The van der Waals surface area contributed by atoms with E-state index in [2.05, 4.69) is 13.2 Å². The van der Waals surface area contributed by atoms with Gasteiger partial charge in [-0.05, 0) is 18.2 Å². The fourth-order valence-electron chi connectivity index (χ4n) is 1.69. The monoisotopic (exact) mass is 261 g/mol. The Hall–Kier alpha value is -2.56. The molecule has 0 aromatic heterocycles. The van der Waals surface area contributed by atoms with Crippen molar-refractivity contribution in [2.45, 2.75) is 0 Å². The molecule has 0 atom stereocenters. The summed E-state index contributed by atoms with van der Waals surface area (Å²) in [5.74, 6) is -2.53. The van der Waals surface area contributed by atoms with Gasteiger partial charge in [0.15, 0.2) is 0 Å². The van der Waals surface area contributed by atoms with E-state index in [9.17, 15) is 9.59 Å². The van der Waals surface area contributed by atoms with Gasteiger partial charge >= 0.3 is 11.9 Å². The van der Waals surface area contributed by atoms with Crippen molar-refractivity contribution < 1.29 is 19.8 Å². The molecule has 2 N–H and O–H groups in total. The molecule has 19 heavy (non-hydrogen) atoms. The first-order valence-electron chi connectivity index (χ1n) is 5.58. The highest BCUT2D eigenvalue weighted by Gasteiger charge is 2.17. The molecule has 1 aromatic rings. The highest BCUT2D eigenvalue weighted by atomic mass is 16.4. The van der Waals surface area contributed by atoms with Gasteiger partial charge in [-0.2, -0.15) is 0 Å². The minimum atomic E-state index is -1.27. The van der Waals surface area contributed by atoms with Gasteiger partial charge in [0, 0.05) is 18.8 Å². The van der Waals surface area contributed by atoms with E-state index in [0.717, 1.165) is 0 Å². The number of rotatable bonds is 7. The maximum absolute atomic E-state index is 11.1. The predicted molar refractivity (Wildman–Crippen MR) is 73.0 cm³/mol. The van der Waals surface area contributed by atoms with Crippen molar-refractivity contribution in [2.24, 2.45) is 0 Å². The summed E-state index contributed by atoms with van der Waals surface area (Å²) in [5, 5.41) is 18.0. The third-order valence-corrected chi connectivity index (χ3v) is 2.53. The minimum Gasteiger partial charge on any atom is -0.478 e. The number of carboxylic acids is 2. The zero-order valence-corrected chi connectivity index (χ0v) is 10.4. The largest absolute Gasteiger partial charge is 0.478 e. The standard InChI is InChI=1S/C14H15NO4/c1-3-7-15(8-4-2)10-5-6-11(13(16)17)12(9-10)14(18)19/h3-6,9H,1-2,7-8H2,(H,16,17)(H,18,19). The van der Waals surface area contributed by atoms with Crippen LogP contribution in [0.2, 0.25) is 0 Å². The lowest BCUT2D eigenvalue weighted by Gasteiger charge is -2.22. The van der Waals surface area contributed by atoms with Crippen molar-refractivity contribution in [1.29, 1.82) is 0 Å². The SMILES string of the molecule is C=CCN(CC=C)c1ccc(C(=O)O)c(C(=O)O)c1. The molecule has 0 spiro atoms. The second-order valence-corrected chi connectivity index (χ2v) is 3.82. The highest BCUT2D eigenvalue weighted by molar-refractivity contribution is 6.02. The highest BCUT2D eigenvalue weighted by Crippen LogP contribution is 2.20. The number of anilines is 1. The fraction of sp³-hybridized carbons (Fsp3) is 0.143. The maximum atomic E-state index is 11.1. The molecule has 0 heterocycles. The van der Waals surface area contributed by atoms with E-state index < -0.39 is 11.9 Å². The summed E-state index contributed by atoms with van der Waals surface area (Å²) in [6, 6.07) is 4.21. The second-order valence-electron chi connectivity index (χ2n) is 3.82. The minimum absolute atomic E-state index is 0.228. The maximum Gasteiger partial charge on any atom is 0.336 e. The Morgan fingerprint density at radius 3 is 2.00 bits per heavy atom. The quantitative estimate of drug-likeness (QED) is 0.736. The van der Waals surface area contributed by atoms with Gasteiger partial charge in [-0.1, -0.05) is 12.2 Å². The van der Waals surface area contributed by atoms with E-state index >= 15 is 0 Å². The van der Waals surface area contributed by atoms with Crippen molar-refractivity contribution in [3.8, 4) is 0 Å². The molecule has 0 radical (unpaired) electrons. The zero-order valence-electron chi connectivity index (χ0n) is 10.4. The molecule has 0 saturated heterocycles. The molecule has 0 aliphatic heterocycles. The molecule has 0 aliphatic carbocycles. The molecule has 0 saturated carbocycles. The molecule has 1 aromatic carbocycles. The average molecular weight is 261 g/mol. The third kappa shape index (κ3) is 3.45. The first-order valence-corrected chi connectivity index (χ1v) is 5.58. The number of benzene rings is 1. The smallest absolute Gasteiger partial charge is 0.336 e. The van der Waals surface area contributed by atoms with Crippen LogP contribution in [0.3, 0.4) is 0 Å². The van der Waals surface area contributed by atoms with Crippen LogP contribution in [0, 0.1) is 0 Å². The van der Waals surface area contributed by atoms with E-state index in [-0.39, 0.29) is 11.1 Å². The molecule has 0 amide bonds. The number of carboxylic acid groups (broad SMARTS) is 2. The number of aromatic carboxylic acids is 2. The van der Waals surface area contributed by atoms with Crippen molar-refractivity contribution in [3.63, 3.8) is 0 Å². The van der Waals surface area contributed by atoms with Gasteiger partial charge in [-0.15, -0.1) is 13.2 Å². The number of nitrogens with zero attached hydrogens (tertiary/aromatic N) is 1. The molecule has 5 nitrogen and oxygen atoms in total. The zero-order chi connectivity index (χ0) is 14.4. The van der Waals surface area contributed by atoms with Gasteiger partial charge in [-0.25, -0.2) is 9.59 Å². The lowest BCUT2D eigenvalue weighted by Crippen LogP contribution is -2.23. The van der Waals surface area contributed by atoms with Crippen LogP contribution in [-0.2, 0) is 0 Å². The van der Waals surface area contributed by atoms with Crippen LogP contribution < -0.4 is 4.90 Å². The van der Waals surface area contributed by atoms with Crippen molar-refractivity contribution in [1.82, 2.24) is 0 Å². The Balaban J connectivity index is 3.26. The second kappa shape index (κ2) is 6.39. The van der Waals surface area contributed by atoms with E-state index in [1.165, 1.54) is 12.1 Å². The van der Waals surface area contributed by atoms with Crippen LogP contribution in [0.25, 0.3) is 0 Å². The van der Waals surface area contributed by atoms with Crippen LogP contribution in [-0.4, -0.2) is 35.2 Å². The normalized spacial score (nSPS) is 9.68. The number of hydrogen-bond donors (Lipinski definition) is 2. The van der Waals surface area contributed by atoms with Crippen LogP contribution in [0.15, 0.2) is 43.5 Å². The molecule has 0 aliphatic rings.